The third-order valence-corrected chi connectivity index (χ3v) is 3.41. The van der Waals surface area contributed by atoms with Gasteiger partial charge in [0, 0.05) is 12.5 Å². The fraction of sp³-hybridized carbons (Fsp3) is 0.667. The normalized spacial score (nSPS) is 21.1. The first-order valence-electron chi connectivity index (χ1n) is 5.73. The Morgan fingerprint density at radius 2 is 2.27 bits per heavy atom. The van der Waals surface area contributed by atoms with Gasteiger partial charge < -0.3 is 5.32 Å². The van der Waals surface area contributed by atoms with Crippen LogP contribution in [0.25, 0.3) is 0 Å². The van der Waals surface area contributed by atoms with Gasteiger partial charge in [-0.15, -0.1) is 0 Å². The van der Waals surface area contributed by atoms with Crippen LogP contribution in [0.3, 0.4) is 0 Å². The summed E-state index contributed by atoms with van der Waals surface area (Å²) in [5.74, 6) is 0.583. The zero-order valence-corrected chi connectivity index (χ0v) is 9.74. The van der Waals surface area contributed by atoms with Crippen molar-refractivity contribution < 1.29 is 4.79 Å². The predicted octanol–water partition coefficient (Wildman–Crippen LogP) is 2.38. The van der Waals surface area contributed by atoms with Crippen molar-refractivity contribution in [3.05, 3.63) is 11.6 Å². The standard InChI is InChI=1S/C12H17NOS/c14-12(10-3-4-10)13-8-7-9-1-5-11(15)6-2-9/h1,10H,2-8H2,(H,13,14). The Kier molecular flexibility index (Phi) is 3.52. The van der Waals surface area contributed by atoms with E-state index in [0.29, 0.717) is 5.92 Å². The first-order valence-corrected chi connectivity index (χ1v) is 6.14. The van der Waals surface area contributed by atoms with E-state index in [1.54, 1.807) is 0 Å². The molecule has 0 aromatic rings. The largest absolute Gasteiger partial charge is 0.356 e. The Labute approximate surface area is 96.1 Å². The van der Waals surface area contributed by atoms with Crippen LogP contribution in [0.2, 0.25) is 0 Å². The van der Waals surface area contributed by atoms with Crippen molar-refractivity contribution in [3.8, 4) is 0 Å². The summed E-state index contributed by atoms with van der Waals surface area (Å²) in [7, 11) is 0. The second-order valence-electron chi connectivity index (χ2n) is 4.42. The molecule has 1 fully saturated rings. The average molecular weight is 223 g/mol. The second kappa shape index (κ2) is 4.88. The summed E-state index contributed by atoms with van der Waals surface area (Å²) in [5.41, 5.74) is 1.46. The second-order valence-corrected chi connectivity index (χ2v) is 5.00. The van der Waals surface area contributed by atoms with E-state index < -0.39 is 0 Å². The molecule has 0 aliphatic heterocycles. The summed E-state index contributed by atoms with van der Waals surface area (Å²) in [4.78, 5) is 12.5. The van der Waals surface area contributed by atoms with Crippen molar-refractivity contribution in [2.24, 2.45) is 5.92 Å². The minimum atomic E-state index is 0.252. The lowest BCUT2D eigenvalue weighted by Gasteiger charge is -2.13. The van der Waals surface area contributed by atoms with Crippen molar-refractivity contribution in [2.75, 3.05) is 6.54 Å². The highest BCUT2D eigenvalue weighted by molar-refractivity contribution is 7.80. The molecule has 1 amide bonds. The quantitative estimate of drug-likeness (QED) is 0.585. The van der Waals surface area contributed by atoms with Crippen molar-refractivity contribution >= 4 is 23.0 Å². The molecule has 1 N–H and O–H groups in total. The minimum absolute atomic E-state index is 0.252. The van der Waals surface area contributed by atoms with Crippen LogP contribution < -0.4 is 5.32 Å². The molecule has 0 aromatic heterocycles. The zero-order valence-electron chi connectivity index (χ0n) is 8.92. The van der Waals surface area contributed by atoms with E-state index >= 15 is 0 Å². The number of hydrogen-bond donors (Lipinski definition) is 1. The van der Waals surface area contributed by atoms with Crippen LogP contribution in [0.1, 0.15) is 38.5 Å². The van der Waals surface area contributed by atoms with Gasteiger partial charge in [-0.05, 0) is 43.4 Å². The predicted molar refractivity (Wildman–Crippen MR) is 64.9 cm³/mol. The van der Waals surface area contributed by atoms with Gasteiger partial charge in [0.05, 0.1) is 0 Å². The fourth-order valence-electron chi connectivity index (χ4n) is 1.83. The van der Waals surface area contributed by atoms with E-state index in [4.69, 9.17) is 12.2 Å². The molecule has 82 valence electrons. The highest BCUT2D eigenvalue weighted by Gasteiger charge is 2.29. The number of thiocarbonyl (C=S) groups is 1. The number of nitrogens with one attached hydrogen (secondary N) is 1. The van der Waals surface area contributed by atoms with E-state index in [0.717, 1.165) is 45.1 Å². The molecule has 0 saturated heterocycles. The maximum atomic E-state index is 11.3. The van der Waals surface area contributed by atoms with Crippen molar-refractivity contribution in [3.63, 3.8) is 0 Å². The molecule has 2 aliphatic carbocycles. The van der Waals surface area contributed by atoms with Crippen LogP contribution in [0, 0.1) is 5.92 Å². The Bertz CT molecular complexity index is 305. The fourth-order valence-corrected chi connectivity index (χ4v) is 2.01. The molecule has 0 spiro atoms. The van der Waals surface area contributed by atoms with Crippen LogP contribution >= 0.6 is 12.2 Å². The smallest absolute Gasteiger partial charge is 0.223 e. The van der Waals surface area contributed by atoms with Gasteiger partial charge in [-0.25, -0.2) is 0 Å². The summed E-state index contributed by atoms with van der Waals surface area (Å²) in [5, 5.41) is 2.99. The molecule has 0 atom stereocenters. The van der Waals surface area contributed by atoms with E-state index in [-0.39, 0.29) is 5.91 Å². The highest BCUT2D eigenvalue weighted by atomic mass is 32.1. The third-order valence-electron chi connectivity index (χ3n) is 3.04. The number of carbonyl (C=O) groups is 1. The summed E-state index contributed by atoms with van der Waals surface area (Å²) < 4.78 is 0. The number of amides is 1. The molecule has 0 radical (unpaired) electrons. The molecule has 2 aliphatic rings. The van der Waals surface area contributed by atoms with Gasteiger partial charge >= 0.3 is 0 Å². The summed E-state index contributed by atoms with van der Waals surface area (Å²) in [6.45, 7) is 0.800. The van der Waals surface area contributed by atoms with Gasteiger partial charge in [0.15, 0.2) is 0 Å². The molecular formula is C12H17NOS. The Balaban J connectivity index is 1.65. The molecule has 0 aromatic carbocycles. The molecule has 3 heteroatoms. The SMILES string of the molecule is O=C(NCCC1=CCC(=S)CC1)C1CC1. The zero-order chi connectivity index (χ0) is 10.7. The number of carbonyl (C=O) groups excluding carboxylic acids is 1. The summed E-state index contributed by atoms with van der Waals surface area (Å²) in [6, 6.07) is 0. The van der Waals surface area contributed by atoms with Crippen LogP contribution in [0.4, 0.5) is 0 Å². The monoisotopic (exact) mass is 223 g/mol. The van der Waals surface area contributed by atoms with Crippen molar-refractivity contribution in [2.45, 2.75) is 38.5 Å². The Hall–Kier alpha value is -0.700. The third kappa shape index (κ3) is 3.42. The molecule has 0 heterocycles. The van der Waals surface area contributed by atoms with E-state index in [1.165, 1.54) is 10.4 Å². The van der Waals surface area contributed by atoms with Crippen LogP contribution in [-0.4, -0.2) is 17.3 Å². The number of hydrogen-bond acceptors (Lipinski definition) is 2. The van der Waals surface area contributed by atoms with E-state index in [9.17, 15) is 4.79 Å². The van der Waals surface area contributed by atoms with Crippen molar-refractivity contribution in [1.82, 2.24) is 5.32 Å². The first kappa shape index (κ1) is 10.8. The van der Waals surface area contributed by atoms with Gasteiger partial charge in [0.1, 0.15) is 0 Å². The lowest BCUT2D eigenvalue weighted by Crippen LogP contribution is -2.26. The Morgan fingerprint density at radius 3 is 2.87 bits per heavy atom. The number of allylic oxidation sites excluding steroid dienone is 1. The Morgan fingerprint density at radius 1 is 1.47 bits per heavy atom. The van der Waals surface area contributed by atoms with Crippen molar-refractivity contribution in [1.29, 1.82) is 0 Å². The van der Waals surface area contributed by atoms with Gasteiger partial charge in [-0.3, -0.25) is 4.79 Å². The highest BCUT2D eigenvalue weighted by Crippen LogP contribution is 2.28. The number of rotatable bonds is 4. The van der Waals surface area contributed by atoms with Gasteiger partial charge in [-0.2, -0.15) is 0 Å². The molecule has 0 bridgehead atoms. The minimum Gasteiger partial charge on any atom is -0.356 e. The molecule has 0 unspecified atom stereocenters. The molecule has 2 nitrogen and oxygen atoms in total. The lowest BCUT2D eigenvalue weighted by molar-refractivity contribution is -0.122. The topological polar surface area (TPSA) is 29.1 Å². The average Bonchev–Trinajstić information content (AvgIpc) is 3.04. The van der Waals surface area contributed by atoms with E-state index in [2.05, 4.69) is 11.4 Å². The van der Waals surface area contributed by atoms with Gasteiger partial charge in [0.2, 0.25) is 5.91 Å². The maximum absolute atomic E-state index is 11.3. The van der Waals surface area contributed by atoms with Crippen LogP contribution in [0.15, 0.2) is 11.6 Å². The molecular weight excluding hydrogens is 206 g/mol. The van der Waals surface area contributed by atoms with Gasteiger partial charge in [0.25, 0.3) is 0 Å². The molecule has 1 saturated carbocycles. The van der Waals surface area contributed by atoms with Crippen LogP contribution in [0.5, 0.6) is 0 Å². The lowest BCUT2D eigenvalue weighted by atomic mass is 9.97. The summed E-state index contributed by atoms with van der Waals surface area (Å²) in [6.07, 6.45) is 8.51. The van der Waals surface area contributed by atoms with Crippen LogP contribution in [-0.2, 0) is 4.79 Å². The maximum Gasteiger partial charge on any atom is 0.223 e. The van der Waals surface area contributed by atoms with E-state index in [1.807, 2.05) is 0 Å². The molecule has 15 heavy (non-hydrogen) atoms. The first-order chi connectivity index (χ1) is 7.25. The van der Waals surface area contributed by atoms with Gasteiger partial charge in [-0.1, -0.05) is 23.9 Å². The summed E-state index contributed by atoms with van der Waals surface area (Å²) >= 11 is 5.14. The molecule has 2 rings (SSSR count).